The molecule has 2 N–H and O–H groups in total. The van der Waals surface area contributed by atoms with E-state index in [2.05, 4.69) is 9.97 Å². The zero-order valence-corrected chi connectivity index (χ0v) is 12.4. The number of aromatic amines is 1. The lowest BCUT2D eigenvalue weighted by molar-refractivity contribution is -0.0243. The molecular weight excluding hydrogens is 264 g/mol. The van der Waals surface area contributed by atoms with E-state index < -0.39 is 5.60 Å². The molecule has 1 heterocycles. The summed E-state index contributed by atoms with van der Waals surface area (Å²) in [7, 11) is 0. The maximum Gasteiger partial charge on any atom is 0.270 e. The second kappa shape index (κ2) is 5.60. The molecule has 112 valence electrons. The van der Waals surface area contributed by atoms with Crippen molar-refractivity contribution in [1.29, 1.82) is 0 Å². The Bertz CT molecular complexity index is 686. The molecule has 0 spiro atoms. The Labute approximate surface area is 124 Å². The lowest BCUT2D eigenvalue weighted by Gasteiger charge is -2.38. The van der Waals surface area contributed by atoms with E-state index in [4.69, 9.17) is 0 Å². The number of aromatic nitrogens is 2. The first kappa shape index (κ1) is 14.3. The van der Waals surface area contributed by atoms with Gasteiger partial charge in [0.05, 0.1) is 16.6 Å². The molecule has 0 aliphatic heterocycles. The molecule has 1 aliphatic rings. The van der Waals surface area contributed by atoms with Gasteiger partial charge in [-0.3, -0.25) is 4.79 Å². The molecule has 1 atom stereocenters. The molecule has 4 heteroatoms. The highest BCUT2D eigenvalue weighted by Crippen LogP contribution is 2.40. The third-order valence-corrected chi connectivity index (χ3v) is 4.73. The zero-order valence-electron chi connectivity index (χ0n) is 12.4. The van der Waals surface area contributed by atoms with Gasteiger partial charge in [-0.2, -0.15) is 0 Å². The van der Waals surface area contributed by atoms with E-state index in [-0.39, 0.29) is 11.5 Å². The summed E-state index contributed by atoms with van der Waals surface area (Å²) in [6.07, 6.45) is 5.47. The first-order chi connectivity index (χ1) is 10.1. The minimum Gasteiger partial charge on any atom is -0.389 e. The van der Waals surface area contributed by atoms with Crippen LogP contribution in [-0.4, -0.2) is 20.7 Å². The van der Waals surface area contributed by atoms with E-state index in [1.165, 1.54) is 6.42 Å². The fourth-order valence-corrected chi connectivity index (χ4v) is 3.62. The molecule has 4 nitrogen and oxygen atoms in total. The molecule has 0 amide bonds. The summed E-state index contributed by atoms with van der Waals surface area (Å²) >= 11 is 0. The number of nitrogens with one attached hydrogen (secondary N) is 1. The van der Waals surface area contributed by atoms with Crippen molar-refractivity contribution in [2.45, 2.75) is 57.0 Å². The van der Waals surface area contributed by atoms with Crippen molar-refractivity contribution in [2.24, 2.45) is 0 Å². The van der Waals surface area contributed by atoms with Crippen molar-refractivity contribution in [3.63, 3.8) is 0 Å². The zero-order chi connectivity index (χ0) is 14.9. The van der Waals surface area contributed by atoms with Gasteiger partial charge in [0, 0.05) is 5.92 Å². The van der Waals surface area contributed by atoms with Gasteiger partial charge in [0.1, 0.15) is 5.69 Å². The largest absolute Gasteiger partial charge is 0.389 e. The van der Waals surface area contributed by atoms with Gasteiger partial charge < -0.3 is 10.1 Å². The highest BCUT2D eigenvalue weighted by atomic mass is 16.3. The topological polar surface area (TPSA) is 66.0 Å². The van der Waals surface area contributed by atoms with Crippen LogP contribution >= 0.6 is 0 Å². The van der Waals surface area contributed by atoms with Crippen LogP contribution in [0.2, 0.25) is 0 Å². The lowest BCUT2D eigenvalue weighted by atomic mass is 9.73. The van der Waals surface area contributed by atoms with Crippen LogP contribution in [0.15, 0.2) is 29.1 Å². The molecule has 1 unspecified atom stereocenters. The number of hydrogen-bond acceptors (Lipinski definition) is 3. The Balaban J connectivity index is 2.08. The van der Waals surface area contributed by atoms with Crippen LogP contribution in [0.4, 0.5) is 0 Å². The predicted molar refractivity (Wildman–Crippen MR) is 83.4 cm³/mol. The highest BCUT2D eigenvalue weighted by molar-refractivity contribution is 5.73. The Kier molecular flexibility index (Phi) is 3.81. The second-order valence-corrected chi connectivity index (χ2v) is 6.09. The van der Waals surface area contributed by atoms with Gasteiger partial charge in [-0.05, 0) is 31.4 Å². The van der Waals surface area contributed by atoms with Gasteiger partial charge in [-0.1, -0.05) is 38.3 Å². The number of rotatable bonds is 3. The van der Waals surface area contributed by atoms with Gasteiger partial charge in [0.25, 0.3) is 5.56 Å². The van der Waals surface area contributed by atoms with E-state index >= 15 is 0 Å². The minimum absolute atomic E-state index is 0.167. The maximum atomic E-state index is 12.4. The van der Waals surface area contributed by atoms with E-state index in [1.54, 1.807) is 0 Å². The molecular formula is C17H22N2O2. The maximum absolute atomic E-state index is 12.4. The van der Waals surface area contributed by atoms with Crippen molar-refractivity contribution >= 4 is 11.0 Å². The fourth-order valence-electron chi connectivity index (χ4n) is 3.62. The van der Waals surface area contributed by atoms with Crippen molar-refractivity contribution in [3.05, 3.63) is 40.3 Å². The van der Waals surface area contributed by atoms with Crippen LogP contribution in [0.1, 0.15) is 57.1 Å². The minimum atomic E-state index is -0.782. The van der Waals surface area contributed by atoms with Gasteiger partial charge in [0.15, 0.2) is 0 Å². The number of benzene rings is 1. The smallest absolute Gasteiger partial charge is 0.270 e. The van der Waals surface area contributed by atoms with Crippen LogP contribution in [-0.2, 0) is 0 Å². The Hall–Kier alpha value is -1.68. The van der Waals surface area contributed by atoms with Gasteiger partial charge in [-0.25, -0.2) is 4.98 Å². The van der Waals surface area contributed by atoms with E-state index in [1.807, 2.05) is 31.2 Å². The van der Waals surface area contributed by atoms with Crippen LogP contribution in [0, 0.1) is 0 Å². The van der Waals surface area contributed by atoms with Crippen molar-refractivity contribution < 1.29 is 5.11 Å². The predicted octanol–water partition coefficient (Wildman–Crippen LogP) is 3.11. The number of para-hydroxylation sites is 2. The molecule has 0 radical (unpaired) electrons. The molecule has 1 aromatic carbocycles. The molecule has 21 heavy (non-hydrogen) atoms. The van der Waals surface area contributed by atoms with Crippen molar-refractivity contribution in [3.8, 4) is 0 Å². The number of fused-ring (bicyclic) bond motifs is 1. The van der Waals surface area contributed by atoms with Crippen LogP contribution < -0.4 is 5.56 Å². The van der Waals surface area contributed by atoms with Gasteiger partial charge in [0.2, 0.25) is 0 Å². The van der Waals surface area contributed by atoms with Crippen LogP contribution in [0.3, 0.4) is 0 Å². The number of aliphatic hydroxyl groups is 1. The molecule has 0 bridgehead atoms. The first-order valence-corrected chi connectivity index (χ1v) is 7.85. The average Bonchev–Trinajstić information content (AvgIpc) is 2.49. The first-order valence-electron chi connectivity index (χ1n) is 7.85. The standard InChI is InChI=1S/C17H22N2O2/c1-2-12(17(21)10-6-3-7-11-17)15-16(20)19-14-9-5-4-8-13(14)18-15/h4-5,8-9,12,21H,2-3,6-7,10-11H2,1H3,(H,19,20). The highest BCUT2D eigenvalue weighted by Gasteiger charge is 2.39. The molecule has 2 aromatic rings. The van der Waals surface area contributed by atoms with E-state index in [0.29, 0.717) is 5.69 Å². The van der Waals surface area contributed by atoms with E-state index in [0.717, 1.165) is 43.1 Å². The van der Waals surface area contributed by atoms with Crippen LogP contribution in [0.5, 0.6) is 0 Å². The number of H-pyrrole nitrogens is 1. The Morgan fingerprint density at radius 1 is 1.29 bits per heavy atom. The summed E-state index contributed by atoms with van der Waals surface area (Å²) in [5, 5.41) is 11.0. The third-order valence-electron chi connectivity index (χ3n) is 4.73. The summed E-state index contributed by atoms with van der Waals surface area (Å²) in [5.41, 5.74) is 1.07. The van der Waals surface area contributed by atoms with Gasteiger partial charge >= 0.3 is 0 Å². The second-order valence-electron chi connectivity index (χ2n) is 6.09. The quantitative estimate of drug-likeness (QED) is 0.911. The van der Waals surface area contributed by atoms with Crippen LogP contribution in [0.25, 0.3) is 11.0 Å². The molecule has 0 saturated heterocycles. The fraction of sp³-hybridized carbons (Fsp3) is 0.529. The Morgan fingerprint density at radius 2 is 2.00 bits per heavy atom. The Morgan fingerprint density at radius 3 is 2.71 bits per heavy atom. The molecule has 1 aliphatic carbocycles. The monoisotopic (exact) mass is 286 g/mol. The molecule has 1 aromatic heterocycles. The average molecular weight is 286 g/mol. The number of hydrogen-bond donors (Lipinski definition) is 2. The summed E-state index contributed by atoms with van der Waals surface area (Å²) < 4.78 is 0. The summed E-state index contributed by atoms with van der Waals surface area (Å²) in [6.45, 7) is 2.02. The third kappa shape index (κ3) is 2.60. The summed E-state index contributed by atoms with van der Waals surface area (Å²) in [6, 6.07) is 7.54. The lowest BCUT2D eigenvalue weighted by Crippen LogP contribution is -2.41. The van der Waals surface area contributed by atoms with E-state index in [9.17, 15) is 9.90 Å². The summed E-state index contributed by atoms with van der Waals surface area (Å²) in [5.74, 6) is -0.189. The molecule has 1 saturated carbocycles. The SMILES string of the molecule is CCC(c1nc2ccccc2[nH]c1=O)C1(O)CCCCC1. The van der Waals surface area contributed by atoms with Gasteiger partial charge in [-0.15, -0.1) is 0 Å². The van der Waals surface area contributed by atoms with Crippen molar-refractivity contribution in [1.82, 2.24) is 9.97 Å². The number of nitrogens with zero attached hydrogens (tertiary/aromatic N) is 1. The normalized spacial score (nSPS) is 19.5. The summed E-state index contributed by atoms with van der Waals surface area (Å²) in [4.78, 5) is 19.9. The molecule has 3 rings (SSSR count). The van der Waals surface area contributed by atoms with Crippen molar-refractivity contribution in [2.75, 3.05) is 0 Å². The molecule has 1 fully saturated rings.